The van der Waals surface area contributed by atoms with Gasteiger partial charge in [0.1, 0.15) is 0 Å². The van der Waals surface area contributed by atoms with E-state index in [-0.39, 0.29) is 17.4 Å². The summed E-state index contributed by atoms with van der Waals surface area (Å²) in [6.07, 6.45) is 3.31. The number of piperazine rings is 1. The van der Waals surface area contributed by atoms with Crippen LogP contribution in [-0.2, 0) is 22.6 Å². The Morgan fingerprint density at radius 2 is 1.93 bits per heavy atom. The van der Waals surface area contributed by atoms with Crippen molar-refractivity contribution in [1.29, 1.82) is 0 Å². The van der Waals surface area contributed by atoms with Crippen molar-refractivity contribution >= 4 is 11.8 Å². The third-order valence-electron chi connectivity index (χ3n) is 6.65. The second kappa shape index (κ2) is 7.60. The van der Waals surface area contributed by atoms with Gasteiger partial charge in [0.15, 0.2) is 0 Å². The van der Waals surface area contributed by atoms with Crippen molar-refractivity contribution in [3.8, 4) is 0 Å². The molecule has 4 rings (SSSR count). The highest BCUT2D eigenvalue weighted by molar-refractivity contribution is 5.79. The van der Waals surface area contributed by atoms with Crippen molar-refractivity contribution in [3.63, 3.8) is 0 Å². The summed E-state index contributed by atoms with van der Waals surface area (Å²) in [6, 6.07) is 8.54. The van der Waals surface area contributed by atoms with Crippen molar-refractivity contribution in [2.24, 2.45) is 0 Å². The third kappa shape index (κ3) is 3.87. The Kier molecular flexibility index (Phi) is 5.19. The highest BCUT2D eigenvalue weighted by Crippen LogP contribution is 2.30. The predicted octanol–water partition coefficient (Wildman–Crippen LogP) is 0.858. The molecule has 27 heavy (non-hydrogen) atoms. The fourth-order valence-electron chi connectivity index (χ4n) is 4.79. The van der Waals surface area contributed by atoms with Crippen molar-refractivity contribution < 1.29 is 9.59 Å². The third-order valence-corrected chi connectivity index (χ3v) is 6.65. The second-order valence-corrected chi connectivity index (χ2v) is 8.29. The van der Waals surface area contributed by atoms with Gasteiger partial charge in [-0.25, -0.2) is 0 Å². The Labute approximate surface area is 161 Å². The number of hydrogen-bond donors (Lipinski definition) is 1. The van der Waals surface area contributed by atoms with Gasteiger partial charge in [0, 0.05) is 51.2 Å². The number of rotatable bonds is 2. The number of hydrogen-bond acceptors (Lipinski definition) is 4. The molecule has 0 bridgehead atoms. The normalized spacial score (nSPS) is 27.1. The largest absolute Gasteiger partial charge is 0.356 e. The summed E-state index contributed by atoms with van der Waals surface area (Å²) in [5.74, 6) is 0.362. The average molecular weight is 370 g/mol. The maximum Gasteiger partial charge on any atom is 0.236 e. The summed E-state index contributed by atoms with van der Waals surface area (Å²) in [6.45, 7) is 5.39. The number of carbonyl (C=O) groups is 2. The van der Waals surface area contributed by atoms with Crippen molar-refractivity contribution in [1.82, 2.24) is 20.0 Å². The quantitative estimate of drug-likeness (QED) is 0.839. The van der Waals surface area contributed by atoms with E-state index in [1.807, 2.05) is 4.90 Å². The van der Waals surface area contributed by atoms with Crippen LogP contribution in [-0.4, -0.2) is 78.4 Å². The van der Waals surface area contributed by atoms with Gasteiger partial charge in [-0.1, -0.05) is 24.3 Å². The lowest BCUT2D eigenvalue weighted by Crippen LogP contribution is -2.63. The van der Waals surface area contributed by atoms with Crippen LogP contribution < -0.4 is 5.32 Å². The highest BCUT2D eigenvalue weighted by atomic mass is 16.2. The van der Waals surface area contributed by atoms with E-state index in [2.05, 4.69) is 46.4 Å². The summed E-state index contributed by atoms with van der Waals surface area (Å²) in [7, 11) is 2.14. The lowest BCUT2D eigenvalue weighted by Gasteiger charge is -2.49. The molecule has 1 aromatic rings. The lowest BCUT2D eigenvalue weighted by atomic mass is 9.86. The van der Waals surface area contributed by atoms with E-state index in [9.17, 15) is 9.59 Å². The van der Waals surface area contributed by atoms with E-state index in [0.717, 1.165) is 52.0 Å². The maximum absolute atomic E-state index is 13.0. The molecule has 2 amide bonds. The lowest BCUT2D eigenvalue weighted by molar-refractivity contribution is -0.138. The minimum absolute atomic E-state index is 0.0679. The van der Waals surface area contributed by atoms with E-state index < -0.39 is 0 Å². The van der Waals surface area contributed by atoms with Gasteiger partial charge in [0.2, 0.25) is 11.8 Å². The first-order valence-electron chi connectivity index (χ1n) is 10.1. The van der Waals surface area contributed by atoms with Gasteiger partial charge in [-0.2, -0.15) is 0 Å². The Bertz CT molecular complexity index is 722. The molecule has 1 N–H and O–H groups in total. The van der Waals surface area contributed by atoms with Crippen LogP contribution in [0.2, 0.25) is 0 Å². The highest BCUT2D eigenvalue weighted by Gasteiger charge is 2.42. The molecule has 0 aliphatic carbocycles. The van der Waals surface area contributed by atoms with Crippen molar-refractivity contribution in [2.75, 3.05) is 46.3 Å². The van der Waals surface area contributed by atoms with Crippen molar-refractivity contribution in [3.05, 3.63) is 35.4 Å². The molecule has 3 heterocycles. The number of nitrogens with one attached hydrogen (secondary N) is 1. The number of fused-ring (bicyclic) bond motifs is 1. The first kappa shape index (κ1) is 18.4. The molecule has 2 saturated heterocycles. The average Bonchev–Trinajstić information content (AvgIpc) is 2.86. The number of benzene rings is 1. The number of carbonyl (C=O) groups excluding carboxylic acids is 2. The molecule has 1 aromatic carbocycles. The van der Waals surface area contributed by atoms with Gasteiger partial charge < -0.3 is 10.2 Å². The Hall–Kier alpha value is -1.92. The predicted molar refractivity (Wildman–Crippen MR) is 104 cm³/mol. The number of nitrogens with zero attached hydrogens (tertiary/aromatic N) is 3. The minimum atomic E-state index is -0.0679. The van der Waals surface area contributed by atoms with Gasteiger partial charge in [0.05, 0.1) is 6.54 Å². The molecule has 3 aliphatic heterocycles. The first-order valence-corrected chi connectivity index (χ1v) is 10.1. The van der Waals surface area contributed by atoms with Crippen LogP contribution in [0.5, 0.6) is 0 Å². The van der Waals surface area contributed by atoms with Crippen LogP contribution in [0.25, 0.3) is 0 Å². The topological polar surface area (TPSA) is 55.9 Å². The van der Waals surface area contributed by atoms with Gasteiger partial charge >= 0.3 is 0 Å². The molecule has 1 spiro atoms. The van der Waals surface area contributed by atoms with Gasteiger partial charge in [-0.05, 0) is 37.4 Å². The van der Waals surface area contributed by atoms with Gasteiger partial charge in [-0.3, -0.25) is 19.4 Å². The van der Waals surface area contributed by atoms with E-state index in [4.69, 9.17) is 0 Å². The fraction of sp³-hybridized carbons (Fsp3) is 0.619. The summed E-state index contributed by atoms with van der Waals surface area (Å²) in [5.41, 5.74) is 2.69. The molecular formula is C21H30N4O2. The maximum atomic E-state index is 13.0. The van der Waals surface area contributed by atoms with Gasteiger partial charge in [0.25, 0.3) is 0 Å². The summed E-state index contributed by atoms with van der Waals surface area (Å²) < 4.78 is 0. The SMILES string of the molecule is CN1CCN(C(=O)CN2CCc3ccccc3C2)CC12CCNC(=O)CC2. The molecule has 0 aromatic heterocycles. The smallest absolute Gasteiger partial charge is 0.236 e. The molecule has 146 valence electrons. The Morgan fingerprint density at radius 3 is 2.78 bits per heavy atom. The monoisotopic (exact) mass is 370 g/mol. The molecule has 0 radical (unpaired) electrons. The summed E-state index contributed by atoms with van der Waals surface area (Å²) >= 11 is 0. The van der Waals surface area contributed by atoms with E-state index in [0.29, 0.717) is 19.5 Å². The number of amides is 2. The molecule has 1 unspecified atom stereocenters. The Balaban J connectivity index is 1.40. The molecule has 6 heteroatoms. The second-order valence-electron chi connectivity index (χ2n) is 8.29. The van der Waals surface area contributed by atoms with Crippen LogP contribution in [0.3, 0.4) is 0 Å². The molecule has 0 saturated carbocycles. The summed E-state index contributed by atoms with van der Waals surface area (Å²) in [4.78, 5) is 31.5. The van der Waals surface area contributed by atoms with Crippen LogP contribution in [0, 0.1) is 0 Å². The van der Waals surface area contributed by atoms with Crippen LogP contribution in [0.15, 0.2) is 24.3 Å². The van der Waals surface area contributed by atoms with Crippen molar-refractivity contribution in [2.45, 2.75) is 37.8 Å². The zero-order chi connectivity index (χ0) is 18.9. The molecular weight excluding hydrogens is 340 g/mol. The van der Waals surface area contributed by atoms with Crippen LogP contribution in [0.4, 0.5) is 0 Å². The van der Waals surface area contributed by atoms with E-state index in [1.165, 1.54) is 11.1 Å². The fourth-order valence-corrected chi connectivity index (χ4v) is 4.79. The Morgan fingerprint density at radius 1 is 1.11 bits per heavy atom. The zero-order valence-electron chi connectivity index (χ0n) is 16.2. The van der Waals surface area contributed by atoms with E-state index in [1.54, 1.807) is 0 Å². The molecule has 1 atom stereocenters. The van der Waals surface area contributed by atoms with Crippen LogP contribution >= 0.6 is 0 Å². The van der Waals surface area contributed by atoms with Crippen LogP contribution in [0.1, 0.15) is 30.4 Å². The summed E-state index contributed by atoms with van der Waals surface area (Å²) in [5, 5.41) is 2.98. The first-order chi connectivity index (χ1) is 13.1. The van der Waals surface area contributed by atoms with Gasteiger partial charge in [-0.15, -0.1) is 0 Å². The standard InChI is InChI=1S/C21H30N4O2/c1-23-12-13-25(16-21(23)8-6-19(26)22-10-9-21)20(27)15-24-11-7-17-4-2-3-5-18(17)14-24/h2-5H,6-16H2,1H3,(H,22,26). The molecule has 3 aliphatic rings. The molecule has 6 nitrogen and oxygen atoms in total. The van der Waals surface area contributed by atoms with E-state index >= 15 is 0 Å². The zero-order valence-corrected chi connectivity index (χ0v) is 16.2. The molecule has 2 fully saturated rings. The number of likely N-dealkylation sites (N-methyl/N-ethyl adjacent to an activating group) is 1. The minimum Gasteiger partial charge on any atom is -0.356 e.